The van der Waals surface area contributed by atoms with E-state index in [1.165, 1.54) is 6.08 Å². The number of aryl methyl sites for hydroxylation is 1. The molecule has 0 spiro atoms. The van der Waals surface area contributed by atoms with Crippen LogP contribution in [0.3, 0.4) is 0 Å². The van der Waals surface area contributed by atoms with E-state index in [-0.39, 0.29) is 11.7 Å². The second kappa shape index (κ2) is 5.89. The van der Waals surface area contributed by atoms with Gasteiger partial charge in [-0.3, -0.25) is 4.79 Å². The summed E-state index contributed by atoms with van der Waals surface area (Å²) in [6.45, 7) is 0.556. The van der Waals surface area contributed by atoms with Crippen LogP contribution in [0, 0.1) is 0 Å². The van der Waals surface area contributed by atoms with E-state index in [1.54, 1.807) is 0 Å². The summed E-state index contributed by atoms with van der Waals surface area (Å²) >= 11 is 3.43. The van der Waals surface area contributed by atoms with Crippen LogP contribution in [0.5, 0.6) is 0 Å². The first-order valence-electron chi connectivity index (χ1n) is 6.88. The van der Waals surface area contributed by atoms with Gasteiger partial charge in [0.25, 0.3) is 0 Å². The third kappa shape index (κ3) is 3.41. The second-order valence-electron chi connectivity index (χ2n) is 5.29. The van der Waals surface area contributed by atoms with Crippen LogP contribution in [-0.4, -0.2) is 30.7 Å². The van der Waals surface area contributed by atoms with E-state index in [2.05, 4.69) is 21.2 Å². The summed E-state index contributed by atoms with van der Waals surface area (Å²) in [6, 6.07) is 7.59. The van der Waals surface area contributed by atoms with Crippen molar-refractivity contribution < 1.29 is 13.2 Å². The van der Waals surface area contributed by atoms with Crippen molar-refractivity contribution in [1.29, 1.82) is 0 Å². The smallest absolute Gasteiger partial charge is 0.222 e. The number of carbonyl (C=O) groups is 1. The Bertz CT molecular complexity index is 855. The molecule has 1 aliphatic rings. The Hall–Kier alpha value is -1.60. The molecule has 0 saturated carbocycles. The number of aromatic nitrogens is 1. The molecule has 1 aromatic carbocycles. The molecule has 0 saturated heterocycles. The van der Waals surface area contributed by atoms with Crippen molar-refractivity contribution >= 4 is 42.6 Å². The number of fused-ring (bicyclic) bond motifs is 1. The van der Waals surface area contributed by atoms with Crippen molar-refractivity contribution in [3.63, 3.8) is 0 Å². The lowest BCUT2D eigenvalue weighted by molar-refractivity contribution is -0.121. The van der Waals surface area contributed by atoms with Gasteiger partial charge in [0.2, 0.25) is 5.91 Å². The number of sulfone groups is 1. The first kappa shape index (κ1) is 15.3. The highest BCUT2D eigenvalue weighted by molar-refractivity contribution is 9.10. The van der Waals surface area contributed by atoms with Crippen LogP contribution < -0.4 is 5.32 Å². The molecule has 2 aromatic rings. The number of hydrogen-bond acceptors (Lipinski definition) is 3. The molecule has 7 heteroatoms. The quantitative estimate of drug-likeness (QED) is 0.881. The zero-order valence-electron chi connectivity index (χ0n) is 11.7. The van der Waals surface area contributed by atoms with Gasteiger partial charge in [-0.25, -0.2) is 8.42 Å². The molecule has 1 aliphatic heterocycles. The Morgan fingerprint density at radius 1 is 1.36 bits per heavy atom. The maximum absolute atomic E-state index is 11.9. The summed E-state index contributed by atoms with van der Waals surface area (Å²) in [5.41, 5.74) is 1.07. The molecule has 22 heavy (non-hydrogen) atoms. The van der Waals surface area contributed by atoms with E-state index in [4.69, 9.17) is 0 Å². The number of benzene rings is 1. The molecule has 5 nitrogen and oxygen atoms in total. The zero-order valence-corrected chi connectivity index (χ0v) is 14.1. The van der Waals surface area contributed by atoms with Gasteiger partial charge in [-0.2, -0.15) is 0 Å². The maximum atomic E-state index is 11.9. The molecule has 1 N–H and O–H groups in total. The van der Waals surface area contributed by atoms with E-state index in [0.29, 0.717) is 13.0 Å². The lowest BCUT2D eigenvalue weighted by atomic mass is 10.2. The Morgan fingerprint density at radius 3 is 2.91 bits per heavy atom. The van der Waals surface area contributed by atoms with Crippen LogP contribution in [0.4, 0.5) is 0 Å². The topological polar surface area (TPSA) is 68.2 Å². The van der Waals surface area contributed by atoms with E-state index in [9.17, 15) is 13.2 Å². The van der Waals surface area contributed by atoms with Crippen LogP contribution in [0.25, 0.3) is 10.9 Å². The molecule has 1 unspecified atom stereocenters. The van der Waals surface area contributed by atoms with Gasteiger partial charge in [0.05, 0.1) is 11.8 Å². The molecule has 0 fully saturated rings. The van der Waals surface area contributed by atoms with Gasteiger partial charge in [0.15, 0.2) is 9.84 Å². The van der Waals surface area contributed by atoms with Crippen molar-refractivity contribution in [1.82, 2.24) is 9.88 Å². The van der Waals surface area contributed by atoms with Gasteiger partial charge < -0.3 is 9.88 Å². The molecule has 0 radical (unpaired) electrons. The SMILES string of the molecule is O=C(CCn1ccc2cc(Br)ccc21)NC1C=CS(=O)(=O)C1. The minimum Gasteiger partial charge on any atom is -0.349 e. The van der Waals surface area contributed by atoms with Crippen LogP contribution in [0.15, 0.2) is 46.4 Å². The fourth-order valence-electron chi connectivity index (χ4n) is 2.53. The predicted octanol–water partition coefficient (Wildman–Crippen LogP) is 2.22. The Labute approximate surface area is 137 Å². The molecule has 1 atom stereocenters. The summed E-state index contributed by atoms with van der Waals surface area (Å²) < 4.78 is 25.6. The first-order valence-corrected chi connectivity index (χ1v) is 9.38. The molecule has 3 rings (SSSR count). The van der Waals surface area contributed by atoms with Crippen molar-refractivity contribution in [2.24, 2.45) is 0 Å². The molecular formula is C15H15BrN2O3S. The molecular weight excluding hydrogens is 368 g/mol. The first-order chi connectivity index (χ1) is 10.4. The molecule has 2 heterocycles. The lowest BCUT2D eigenvalue weighted by Crippen LogP contribution is -2.35. The normalized spacial score (nSPS) is 19.6. The van der Waals surface area contributed by atoms with E-state index in [1.807, 2.05) is 35.0 Å². The highest BCUT2D eigenvalue weighted by atomic mass is 79.9. The fraction of sp³-hybridized carbons (Fsp3) is 0.267. The number of amides is 1. The third-order valence-electron chi connectivity index (χ3n) is 3.59. The number of nitrogens with zero attached hydrogens (tertiary/aromatic N) is 1. The van der Waals surface area contributed by atoms with Gasteiger partial charge in [-0.1, -0.05) is 15.9 Å². The van der Waals surface area contributed by atoms with Gasteiger partial charge in [0.1, 0.15) is 0 Å². The number of nitrogens with one attached hydrogen (secondary N) is 1. The standard InChI is InChI=1S/C15H15BrN2O3S/c16-12-1-2-14-11(9-12)3-6-18(14)7-4-15(19)17-13-5-8-22(20,21)10-13/h1-3,5-6,8-9,13H,4,7,10H2,(H,17,19). The Kier molecular flexibility index (Phi) is 4.10. The minimum absolute atomic E-state index is 0.0424. The van der Waals surface area contributed by atoms with Gasteiger partial charge >= 0.3 is 0 Å². The van der Waals surface area contributed by atoms with Crippen LogP contribution in [-0.2, 0) is 21.2 Å². The second-order valence-corrected chi connectivity index (χ2v) is 8.14. The number of rotatable bonds is 4. The summed E-state index contributed by atoms with van der Waals surface area (Å²) in [7, 11) is -3.14. The molecule has 0 aliphatic carbocycles. The van der Waals surface area contributed by atoms with Crippen molar-refractivity contribution in [2.75, 3.05) is 5.75 Å². The largest absolute Gasteiger partial charge is 0.349 e. The molecule has 116 valence electrons. The summed E-state index contributed by atoms with van der Waals surface area (Å²) in [5.74, 6) is -0.190. The number of hydrogen-bond donors (Lipinski definition) is 1. The Morgan fingerprint density at radius 2 is 2.18 bits per heavy atom. The van der Waals surface area contributed by atoms with E-state index in [0.717, 1.165) is 20.8 Å². The number of carbonyl (C=O) groups excluding carboxylic acids is 1. The summed E-state index contributed by atoms with van der Waals surface area (Å²) in [5, 5.41) is 5.00. The van der Waals surface area contributed by atoms with Crippen LogP contribution in [0.1, 0.15) is 6.42 Å². The van der Waals surface area contributed by atoms with Crippen molar-refractivity contribution in [3.05, 3.63) is 46.4 Å². The van der Waals surface area contributed by atoms with Crippen LogP contribution >= 0.6 is 15.9 Å². The highest BCUT2D eigenvalue weighted by Crippen LogP contribution is 2.21. The zero-order chi connectivity index (χ0) is 15.7. The molecule has 1 aromatic heterocycles. The molecule has 0 bridgehead atoms. The van der Waals surface area contributed by atoms with Crippen molar-refractivity contribution in [2.45, 2.75) is 19.0 Å². The molecule has 1 amide bonds. The number of halogens is 1. The van der Waals surface area contributed by atoms with E-state index < -0.39 is 15.9 Å². The lowest BCUT2D eigenvalue weighted by Gasteiger charge is -2.10. The highest BCUT2D eigenvalue weighted by Gasteiger charge is 2.22. The third-order valence-corrected chi connectivity index (χ3v) is 5.48. The van der Waals surface area contributed by atoms with Gasteiger partial charge in [0, 0.05) is 39.9 Å². The minimum atomic E-state index is -3.14. The average Bonchev–Trinajstić information content (AvgIpc) is 2.99. The van der Waals surface area contributed by atoms with Gasteiger partial charge in [-0.15, -0.1) is 0 Å². The van der Waals surface area contributed by atoms with Crippen LogP contribution in [0.2, 0.25) is 0 Å². The Balaban J connectivity index is 1.60. The fourth-order valence-corrected chi connectivity index (χ4v) is 4.15. The summed E-state index contributed by atoms with van der Waals surface area (Å²) in [6.07, 6.45) is 3.78. The predicted molar refractivity (Wildman–Crippen MR) is 89.1 cm³/mol. The van der Waals surface area contributed by atoms with Gasteiger partial charge in [-0.05, 0) is 30.3 Å². The maximum Gasteiger partial charge on any atom is 0.222 e. The monoisotopic (exact) mass is 382 g/mol. The van der Waals surface area contributed by atoms with Crippen molar-refractivity contribution in [3.8, 4) is 0 Å². The average molecular weight is 383 g/mol. The summed E-state index contributed by atoms with van der Waals surface area (Å²) in [4.78, 5) is 11.9. The van der Waals surface area contributed by atoms with E-state index >= 15 is 0 Å².